The monoisotopic (exact) mass is 424 g/mol. The second kappa shape index (κ2) is 7.03. The van der Waals surface area contributed by atoms with E-state index >= 15 is 0 Å². The molecule has 2 N–H and O–H groups in total. The second-order valence-electron chi connectivity index (χ2n) is 5.27. The molecule has 0 aliphatic rings. The number of carbonyl (C=O) groups excluding carboxylic acids is 1. The van der Waals surface area contributed by atoms with E-state index in [1.165, 1.54) is 26.4 Å². The molecule has 2 aromatic heterocycles. The SMILES string of the molecule is COC(=O)c1cc(OC)c(Cl)c(C(O)c2c[nH]c3ncc(Br)cc23)c1. The van der Waals surface area contributed by atoms with Crippen LogP contribution in [0.5, 0.6) is 5.75 Å². The molecule has 8 heteroatoms. The van der Waals surface area contributed by atoms with E-state index in [9.17, 15) is 9.90 Å². The van der Waals surface area contributed by atoms with Gasteiger partial charge in [-0.25, -0.2) is 9.78 Å². The highest BCUT2D eigenvalue weighted by Crippen LogP contribution is 2.38. The summed E-state index contributed by atoms with van der Waals surface area (Å²) in [6.45, 7) is 0. The van der Waals surface area contributed by atoms with Crippen molar-refractivity contribution in [1.82, 2.24) is 9.97 Å². The molecule has 6 nitrogen and oxygen atoms in total. The van der Waals surface area contributed by atoms with Gasteiger partial charge < -0.3 is 19.6 Å². The van der Waals surface area contributed by atoms with Crippen LogP contribution in [-0.2, 0) is 4.74 Å². The Bertz CT molecular complexity index is 957. The number of nitrogens with one attached hydrogen (secondary N) is 1. The van der Waals surface area contributed by atoms with Gasteiger partial charge in [-0.15, -0.1) is 0 Å². The number of hydrogen-bond acceptors (Lipinski definition) is 5. The predicted octanol–water partition coefficient (Wildman–Crippen LogP) is 3.86. The zero-order chi connectivity index (χ0) is 18.1. The molecule has 0 amide bonds. The van der Waals surface area contributed by atoms with Crippen molar-refractivity contribution in [3.63, 3.8) is 0 Å². The fourth-order valence-electron chi connectivity index (χ4n) is 2.59. The summed E-state index contributed by atoms with van der Waals surface area (Å²) in [5, 5.41) is 11.9. The molecule has 25 heavy (non-hydrogen) atoms. The summed E-state index contributed by atoms with van der Waals surface area (Å²) in [5.74, 6) is -0.274. The normalized spacial score (nSPS) is 12.2. The topological polar surface area (TPSA) is 84.4 Å². The van der Waals surface area contributed by atoms with Crippen LogP contribution in [0.1, 0.15) is 27.6 Å². The molecule has 0 bridgehead atoms. The number of aromatic nitrogens is 2. The molecule has 0 spiro atoms. The van der Waals surface area contributed by atoms with Crippen molar-refractivity contribution in [2.24, 2.45) is 0 Å². The van der Waals surface area contributed by atoms with E-state index in [0.29, 0.717) is 16.8 Å². The van der Waals surface area contributed by atoms with E-state index < -0.39 is 12.1 Å². The number of fused-ring (bicyclic) bond motifs is 1. The Morgan fingerprint density at radius 1 is 1.32 bits per heavy atom. The zero-order valence-electron chi connectivity index (χ0n) is 13.3. The molecule has 0 aliphatic carbocycles. The number of aliphatic hydroxyl groups is 1. The number of halogens is 2. The van der Waals surface area contributed by atoms with Crippen molar-refractivity contribution in [3.8, 4) is 5.75 Å². The van der Waals surface area contributed by atoms with Crippen LogP contribution in [0.4, 0.5) is 0 Å². The Morgan fingerprint density at radius 2 is 2.08 bits per heavy atom. The minimum absolute atomic E-state index is 0.222. The molecule has 1 aromatic carbocycles. The summed E-state index contributed by atoms with van der Waals surface area (Å²) in [7, 11) is 2.72. The Labute approximate surface area is 156 Å². The maximum atomic E-state index is 11.9. The minimum Gasteiger partial charge on any atom is -0.495 e. The molecule has 2 heterocycles. The zero-order valence-corrected chi connectivity index (χ0v) is 15.7. The van der Waals surface area contributed by atoms with E-state index in [1.54, 1.807) is 12.4 Å². The number of hydrogen-bond donors (Lipinski definition) is 2. The molecule has 1 unspecified atom stereocenters. The molecule has 3 rings (SSSR count). The Kier molecular flexibility index (Phi) is 4.99. The van der Waals surface area contributed by atoms with Crippen molar-refractivity contribution >= 4 is 44.5 Å². The number of carbonyl (C=O) groups is 1. The maximum absolute atomic E-state index is 11.9. The minimum atomic E-state index is -1.09. The average molecular weight is 426 g/mol. The van der Waals surface area contributed by atoms with Crippen LogP contribution >= 0.6 is 27.5 Å². The van der Waals surface area contributed by atoms with E-state index in [-0.39, 0.29) is 16.3 Å². The maximum Gasteiger partial charge on any atom is 0.337 e. The molecule has 0 fully saturated rings. The number of H-pyrrole nitrogens is 1. The van der Waals surface area contributed by atoms with Crippen LogP contribution in [0, 0.1) is 0 Å². The first-order valence-corrected chi connectivity index (χ1v) is 8.39. The lowest BCUT2D eigenvalue weighted by molar-refractivity contribution is 0.0600. The van der Waals surface area contributed by atoms with Gasteiger partial charge in [0.15, 0.2) is 0 Å². The van der Waals surface area contributed by atoms with Gasteiger partial charge in [0, 0.05) is 33.4 Å². The fraction of sp³-hybridized carbons (Fsp3) is 0.176. The van der Waals surface area contributed by atoms with Gasteiger partial charge in [-0.2, -0.15) is 0 Å². The first-order valence-electron chi connectivity index (χ1n) is 7.22. The lowest BCUT2D eigenvalue weighted by Crippen LogP contribution is -2.07. The van der Waals surface area contributed by atoms with E-state index in [4.69, 9.17) is 21.1 Å². The van der Waals surface area contributed by atoms with Crippen molar-refractivity contribution in [2.75, 3.05) is 14.2 Å². The first-order chi connectivity index (χ1) is 12.0. The van der Waals surface area contributed by atoms with Crippen LogP contribution in [0.3, 0.4) is 0 Å². The summed E-state index contributed by atoms with van der Waals surface area (Å²) < 4.78 is 10.7. The fourth-order valence-corrected chi connectivity index (χ4v) is 3.22. The number of nitrogens with zero attached hydrogens (tertiary/aromatic N) is 1. The number of aromatic amines is 1. The van der Waals surface area contributed by atoms with E-state index in [0.717, 1.165) is 9.86 Å². The molecular weight excluding hydrogens is 412 g/mol. The summed E-state index contributed by atoms with van der Waals surface area (Å²) in [6, 6.07) is 4.80. The molecule has 0 aliphatic heterocycles. The summed E-state index contributed by atoms with van der Waals surface area (Å²) in [4.78, 5) is 19.1. The molecule has 1 atom stereocenters. The number of methoxy groups -OCH3 is 2. The van der Waals surface area contributed by atoms with E-state index in [1.807, 2.05) is 6.07 Å². The Hall–Kier alpha value is -2.09. The van der Waals surface area contributed by atoms with Crippen LogP contribution in [0.25, 0.3) is 11.0 Å². The smallest absolute Gasteiger partial charge is 0.337 e. The van der Waals surface area contributed by atoms with E-state index in [2.05, 4.69) is 25.9 Å². The summed E-state index contributed by atoms with van der Waals surface area (Å²) >= 11 is 9.72. The number of benzene rings is 1. The number of rotatable bonds is 4. The van der Waals surface area contributed by atoms with Crippen molar-refractivity contribution in [3.05, 3.63) is 56.8 Å². The number of esters is 1. The second-order valence-corrected chi connectivity index (χ2v) is 6.56. The molecule has 0 radical (unpaired) electrons. The van der Waals surface area contributed by atoms with Crippen LogP contribution in [0.15, 0.2) is 35.1 Å². The highest BCUT2D eigenvalue weighted by atomic mass is 79.9. The van der Waals surface area contributed by atoms with Gasteiger partial charge in [0.05, 0.1) is 24.8 Å². The highest BCUT2D eigenvalue weighted by molar-refractivity contribution is 9.10. The number of aliphatic hydroxyl groups excluding tert-OH is 1. The third-order valence-corrected chi connectivity index (χ3v) is 4.67. The first kappa shape index (κ1) is 17.7. The summed E-state index contributed by atoms with van der Waals surface area (Å²) in [5.41, 5.74) is 1.78. The van der Waals surface area contributed by atoms with Crippen molar-refractivity contribution in [2.45, 2.75) is 6.10 Å². The van der Waals surface area contributed by atoms with Crippen LogP contribution < -0.4 is 4.74 Å². The Balaban J connectivity index is 2.16. The number of pyridine rings is 1. The molecular formula is C17H14BrClN2O4. The average Bonchev–Trinajstić information content (AvgIpc) is 3.03. The van der Waals surface area contributed by atoms with Crippen molar-refractivity contribution in [1.29, 1.82) is 0 Å². The third kappa shape index (κ3) is 3.22. The molecule has 0 saturated carbocycles. The molecule has 130 valence electrons. The number of ether oxygens (including phenoxy) is 2. The quantitative estimate of drug-likeness (QED) is 0.620. The molecule has 0 saturated heterocycles. The van der Waals surface area contributed by atoms with Crippen molar-refractivity contribution < 1.29 is 19.4 Å². The van der Waals surface area contributed by atoms with Gasteiger partial charge >= 0.3 is 5.97 Å². The van der Waals surface area contributed by atoms with Gasteiger partial charge in [0.1, 0.15) is 17.5 Å². The van der Waals surface area contributed by atoms with Gasteiger partial charge in [0.25, 0.3) is 0 Å². The third-order valence-electron chi connectivity index (χ3n) is 3.83. The van der Waals surface area contributed by atoms with Crippen LogP contribution in [-0.4, -0.2) is 35.3 Å². The standard InChI is InChI=1S/C17H14BrClN2O4/c1-24-13-4-8(17(23)25-2)3-11(14(13)19)15(22)12-7-21-16-10(12)5-9(18)6-20-16/h3-7,15,22H,1-2H3,(H,20,21). The Morgan fingerprint density at radius 3 is 2.76 bits per heavy atom. The lowest BCUT2D eigenvalue weighted by Gasteiger charge is -2.16. The van der Waals surface area contributed by atoms with Gasteiger partial charge in [0.2, 0.25) is 0 Å². The van der Waals surface area contributed by atoms with Gasteiger partial charge in [-0.3, -0.25) is 0 Å². The predicted molar refractivity (Wildman–Crippen MR) is 97.2 cm³/mol. The highest BCUT2D eigenvalue weighted by Gasteiger charge is 2.23. The summed E-state index contributed by atoms with van der Waals surface area (Å²) in [6.07, 6.45) is 2.22. The van der Waals surface area contributed by atoms with Crippen LogP contribution in [0.2, 0.25) is 5.02 Å². The lowest BCUT2D eigenvalue weighted by atomic mass is 9.99. The van der Waals surface area contributed by atoms with Gasteiger partial charge in [-0.05, 0) is 34.1 Å². The van der Waals surface area contributed by atoms with Gasteiger partial charge in [-0.1, -0.05) is 11.6 Å². The largest absolute Gasteiger partial charge is 0.495 e. The molecule has 3 aromatic rings.